The van der Waals surface area contributed by atoms with Crippen molar-refractivity contribution in [3.05, 3.63) is 35.8 Å². The summed E-state index contributed by atoms with van der Waals surface area (Å²) < 4.78 is 23.9. The number of carbonyl (C=O) groups is 1. The Morgan fingerprint density at radius 2 is 2.16 bits per heavy atom. The number of ether oxygens (including phenoxy) is 2. The van der Waals surface area contributed by atoms with Crippen LogP contribution in [-0.4, -0.2) is 24.2 Å². The summed E-state index contributed by atoms with van der Waals surface area (Å²) in [6, 6.07) is 4.54. The number of fused-ring (bicyclic) bond motifs is 1. The molecule has 0 aliphatic heterocycles. The SMILES string of the molecule is CCOC(=O)COc1ccnc2c(C)ccc(F)c12. The third kappa shape index (κ3) is 2.81. The Hall–Kier alpha value is -2.17. The molecule has 0 fully saturated rings. The molecule has 0 amide bonds. The second kappa shape index (κ2) is 5.65. The summed E-state index contributed by atoms with van der Waals surface area (Å²) in [6.45, 7) is 3.58. The van der Waals surface area contributed by atoms with Gasteiger partial charge in [-0.25, -0.2) is 9.18 Å². The van der Waals surface area contributed by atoms with Crippen LogP contribution < -0.4 is 4.74 Å². The molecule has 1 heterocycles. The number of halogens is 1. The van der Waals surface area contributed by atoms with Gasteiger partial charge in [-0.15, -0.1) is 0 Å². The fraction of sp³-hybridized carbons (Fsp3) is 0.286. The van der Waals surface area contributed by atoms with Crippen LogP contribution in [0.2, 0.25) is 0 Å². The largest absolute Gasteiger partial charge is 0.481 e. The summed E-state index contributed by atoms with van der Waals surface area (Å²) in [5.74, 6) is -0.618. The number of aromatic nitrogens is 1. The van der Waals surface area contributed by atoms with E-state index in [0.717, 1.165) is 5.56 Å². The number of aryl methyl sites for hydroxylation is 1. The first-order valence-corrected chi connectivity index (χ1v) is 5.95. The normalized spacial score (nSPS) is 10.5. The lowest BCUT2D eigenvalue weighted by atomic mass is 10.1. The quantitative estimate of drug-likeness (QED) is 0.796. The molecule has 0 unspecified atom stereocenters. The maximum absolute atomic E-state index is 13.9. The minimum atomic E-state index is -0.486. The van der Waals surface area contributed by atoms with Gasteiger partial charge in [-0.05, 0) is 31.5 Å². The summed E-state index contributed by atoms with van der Waals surface area (Å²) >= 11 is 0. The number of esters is 1. The van der Waals surface area contributed by atoms with Gasteiger partial charge in [0.1, 0.15) is 11.6 Å². The zero-order valence-electron chi connectivity index (χ0n) is 10.8. The fourth-order valence-corrected chi connectivity index (χ4v) is 1.79. The average Bonchev–Trinajstić information content (AvgIpc) is 2.41. The Bertz CT molecular complexity index is 613. The molecule has 0 aliphatic carbocycles. The van der Waals surface area contributed by atoms with E-state index in [-0.39, 0.29) is 18.6 Å². The number of carbonyl (C=O) groups excluding carboxylic acids is 1. The van der Waals surface area contributed by atoms with E-state index in [1.165, 1.54) is 18.3 Å². The molecule has 0 saturated carbocycles. The second-order valence-corrected chi connectivity index (χ2v) is 3.99. The van der Waals surface area contributed by atoms with Crippen molar-refractivity contribution in [2.24, 2.45) is 0 Å². The van der Waals surface area contributed by atoms with Gasteiger partial charge in [0, 0.05) is 6.20 Å². The molecule has 0 bridgehead atoms. The molecule has 0 radical (unpaired) electrons. The number of rotatable bonds is 4. The van der Waals surface area contributed by atoms with Gasteiger partial charge in [0.15, 0.2) is 6.61 Å². The fourth-order valence-electron chi connectivity index (χ4n) is 1.79. The Morgan fingerprint density at radius 1 is 1.37 bits per heavy atom. The number of nitrogens with zero attached hydrogens (tertiary/aromatic N) is 1. The summed E-state index contributed by atoms with van der Waals surface area (Å²) in [4.78, 5) is 15.4. The highest BCUT2D eigenvalue weighted by Gasteiger charge is 2.12. The first-order chi connectivity index (χ1) is 9.13. The smallest absolute Gasteiger partial charge is 0.344 e. The van der Waals surface area contributed by atoms with Gasteiger partial charge >= 0.3 is 5.97 Å². The van der Waals surface area contributed by atoms with Crippen molar-refractivity contribution in [2.45, 2.75) is 13.8 Å². The number of hydrogen-bond acceptors (Lipinski definition) is 4. The minimum absolute atomic E-state index is 0.250. The van der Waals surface area contributed by atoms with Gasteiger partial charge < -0.3 is 9.47 Å². The number of pyridine rings is 1. The first-order valence-electron chi connectivity index (χ1n) is 5.95. The molecule has 2 rings (SSSR count). The van der Waals surface area contributed by atoms with Gasteiger partial charge in [0.05, 0.1) is 17.5 Å². The second-order valence-electron chi connectivity index (χ2n) is 3.99. The van der Waals surface area contributed by atoms with Gasteiger partial charge in [0.2, 0.25) is 0 Å². The molecule has 0 saturated heterocycles. The van der Waals surface area contributed by atoms with Gasteiger partial charge in [-0.2, -0.15) is 0 Å². The zero-order valence-corrected chi connectivity index (χ0v) is 10.8. The van der Waals surface area contributed by atoms with Crippen LogP contribution in [-0.2, 0) is 9.53 Å². The first kappa shape index (κ1) is 13.3. The maximum atomic E-state index is 13.9. The molecule has 100 valence electrons. The lowest BCUT2D eigenvalue weighted by Gasteiger charge is -2.10. The van der Waals surface area contributed by atoms with Crippen molar-refractivity contribution in [1.82, 2.24) is 4.98 Å². The van der Waals surface area contributed by atoms with Crippen LogP contribution in [0, 0.1) is 12.7 Å². The molecule has 1 aromatic heterocycles. The van der Waals surface area contributed by atoms with E-state index in [4.69, 9.17) is 9.47 Å². The molecule has 1 aromatic carbocycles. The van der Waals surface area contributed by atoms with Crippen LogP contribution >= 0.6 is 0 Å². The summed E-state index contributed by atoms with van der Waals surface area (Å²) in [6.07, 6.45) is 1.52. The van der Waals surface area contributed by atoms with Crippen molar-refractivity contribution in [1.29, 1.82) is 0 Å². The van der Waals surface area contributed by atoms with E-state index < -0.39 is 11.8 Å². The summed E-state index contributed by atoms with van der Waals surface area (Å²) in [5.41, 5.74) is 1.37. The van der Waals surface area contributed by atoms with Crippen LogP contribution in [0.3, 0.4) is 0 Å². The van der Waals surface area contributed by atoms with Crippen molar-refractivity contribution in [3.8, 4) is 5.75 Å². The number of hydrogen-bond donors (Lipinski definition) is 0. The average molecular weight is 263 g/mol. The molecule has 0 N–H and O–H groups in total. The molecule has 4 nitrogen and oxygen atoms in total. The Balaban J connectivity index is 2.33. The Kier molecular flexibility index (Phi) is 3.94. The van der Waals surface area contributed by atoms with Crippen LogP contribution in [0.4, 0.5) is 4.39 Å². The third-order valence-corrected chi connectivity index (χ3v) is 2.66. The van der Waals surface area contributed by atoms with Crippen LogP contribution in [0.25, 0.3) is 10.9 Å². The van der Waals surface area contributed by atoms with E-state index in [9.17, 15) is 9.18 Å². The van der Waals surface area contributed by atoms with E-state index in [1.54, 1.807) is 13.0 Å². The molecule has 0 spiro atoms. The Labute approximate surface area is 110 Å². The number of benzene rings is 1. The predicted molar refractivity (Wildman–Crippen MR) is 68.6 cm³/mol. The molecular formula is C14H14FNO3. The summed E-state index contributed by atoms with van der Waals surface area (Å²) in [5, 5.41) is 0.284. The Morgan fingerprint density at radius 3 is 2.89 bits per heavy atom. The monoisotopic (exact) mass is 263 g/mol. The molecular weight excluding hydrogens is 249 g/mol. The molecule has 0 atom stereocenters. The zero-order chi connectivity index (χ0) is 13.8. The van der Waals surface area contributed by atoms with Crippen LogP contribution in [0.1, 0.15) is 12.5 Å². The maximum Gasteiger partial charge on any atom is 0.344 e. The molecule has 2 aromatic rings. The highest BCUT2D eigenvalue weighted by Crippen LogP contribution is 2.28. The van der Waals surface area contributed by atoms with Gasteiger partial charge in [0.25, 0.3) is 0 Å². The van der Waals surface area contributed by atoms with Crippen molar-refractivity contribution in [2.75, 3.05) is 13.2 Å². The molecule has 19 heavy (non-hydrogen) atoms. The van der Waals surface area contributed by atoms with Crippen LogP contribution in [0.15, 0.2) is 24.4 Å². The highest BCUT2D eigenvalue weighted by molar-refractivity contribution is 5.88. The van der Waals surface area contributed by atoms with E-state index in [1.807, 2.05) is 6.92 Å². The third-order valence-electron chi connectivity index (χ3n) is 2.66. The van der Waals surface area contributed by atoms with Crippen molar-refractivity contribution in [3.63, 3.8) is 0 Å². The lowest BCUT2D eigenvalue weighted by molar-refractivity contribution is -0.145. The van der Waals surface area contributed by atoms with Crippen LogP contribution in [0.5, 0.6) is 5.75 Å². The van der Waals surface area contributed by atoms with Crippen molar-refractivity contribution >= 4 is 16.9 Å². The van der Waals surface area contributed by atoms with Crippen molar-refractivity contribution < 1.29 is 18.7 Å². The predicted octanol–water partition coefficient (Wildman–Crippen LogP) is 2.62. The summed E-state index contributed by atoms with van der Waals surface area (Å²) in [7, 11) is 0. The highest BCUT2D eigenvalue weighted by atomic mass is 19.1. The molecule has 0 aliphatic rings. The van der Waals surface area contributed by atoms with E-state index in [0.29, 0.717) is 11.3 Å². The topological polar surface area (TPSA) is 48.4 Å². The van der Waals surface area contributed by atoms with Gasteiger partial charge in [-0.3, -0.25) is 4.98 Å². The van der Waals surface area contributed by atoms with E-state index in [2.05, 4.69) is 4.98 Å². The minimum Gasteiger partial charge on any atom is -0.481 e. The lowest BCUT2D eigenvalue weighted by Crippen LogP contribution is -2.14. The van der Waals surface area contributed by atoms with Gasteiger partial charge in [-0.1, -0.05) is 6.07 Å². The standard InChI is InChI=1S/C14H14FNO3/c1-3-18-12(17)8-19-11-6-7-16-14-9(2)4-5-10(15)13(11)14/h4-7H,3,8H2,1-2H3. The molecule has 5 heteroatoms. The van der Waals surface area contributed by atoms with E-state index >= 15 is 0 Å².